The van der Waals surface area contributed by atoms with E-state index in [0.29, 0.717) is 0 Å². The molecule has 1 aromatic carbocycles. The topological polar surface area (TPSA) is 57.0 Å². The SMILES string of the molecule is CCn1nc(CC(N)CCc2ccco2)c2ccccc21. The number of fused-ring (bicyclic) bond motifs is 1. The van der Waals surface area contributed by atoms with Crippen LogP contribution in [-0.4, -0.2) is 15.8 Å². The zero-order valence-electron chi connectivity index (χ0n) is 12.3. The van der Waals surface area contributed by atoms with Gasteiger partial charge in [0.25, 0.3) is 0 Å². The van der Waals surface area contributed by atoms with Gasteiger partial charge in [0.1, 0.15) is 5.76 Å². The lowest BCUT2D eigenvalue weighted by molar-refractivity contribution is 0.482. The standard InChI is InChI=1S/C17H21N3O/c1-2-20-17-8-4-3-7-15(17)16(19-20)12-13(18)9-10-14-6-5-11-21-14/h3-8,11,13H,2,9-10,12,18H2,1H3. The van der Waals surface area contributed by atoms with Crippen LogP contribution < -0.4 is 5.73 Å². The summed E-state index contributed by atoms with van der Waals surface area (Å²) in [7, 11) is 0. The largest absolute Gasteiger partial charge is 0.469 e. The molecule has 1 atom stereocenters. The average molecular weight is 283 g/mol. The first-order chi connectivity index (χ1) is 10.3. The van der Waals surface area contributed by atoms with E-state index >= 15 is 0 Å². The number of benzene rings is 1. The van der Waals surface area contributed by atoms with Gasteiger partial charge in [-0.25, -0.2) is 0 Å². The fourth-order valence-electron chi connectivity index (χ4n) is 2.72. The van der Waals surface area contributed by atoms with Crippen molar-refractivity contribution in [3.05, 3.63) is 54.1 Å². The van der Waals surface area contributed by atoms with Gasteiger partial charge in [-0.05, 0) is 31.5 Å². The summed E-state index contributed by atoms with van der Waals surface area (Å²) in [6.45, 7) is 2.99. The van der Waals surface area contributed by atoms with Gasteiger partial charge in [0, 0.05) is 30.8 Å². The van der Waals surface area contributed by atoms with E-state index in [1.165, 1.54) is 10.9 Å². The van der Waals surface area contributed by atoms with Crippen molar-refractivity contribution in [2.75, 3.05) is 0 Å². The molecule has 0 saturated carbocycles. The van der Waals surface area contributed by atoms with E-state index in [4.69, 9.17) is 15.2 Å². The Morgan fingerprint density at radius 2 is 2.10 bits per heavy atom. The van der Waals surface area contributed by atoms with E-state index in [9.17, 15) is 0 Å². The number of para-hydroxylation sites is 1. The molecule has 0 aliphatic rings. The smallest absolute Gasteiger partial charge is 0.103 e. The minimum atomic E-state index is 0.0960. The van der Waals surface area contributed by atoms with E-state index in [0.717, 1.165) is 37.3 Å². The Morgan fingerprint density at radius 3 is 2.86 bits per heavy atom. The van der Waals surface area contributed by atoms with Gasteiger partial charge in [0.2, 0.25) is 0 Å². The number of nitrogens with zero attached hydrogens (tertiary/aromatic N) is 2. The summed E-state index contributed by atoms with van der Waals surface area (Å²) in [6, 6.07) is 12.4. The van der Waals surface area contributed by atoms with Crippen molar-refractivity contribution in [1.29, 1.82) is 0 Å². The predicted octanol–water partition coefficient (Wildman–Crippen LogP) is 3.15. The Bertz CT molecular complexity index is 700. The van der Waals surface area contributed by atoms with Gasteiger partial charge in [-0.1, -0.05) is 18.2 Å². The molecule has 0 aliphatic heterocycles. The second-order valence-electron chi connectivity index (χ2n) is 5.36. The van der Waals surface area contributed by atoms with Crippen LogP contribution >= 0.6 is 0 Å². The third kappa shape index (κ3) is 3.00. The molecule has 0 amide bonds. The molecule has 110 valence electrons. The van der Waals surface area contributed by atoms with Crippen molar-refractivity contribution >= 4 is 10.9 Å². The number of aryl methyl sites for hydroxylation is 2. The third-order valence-corrected chi connectivity index (χ3v) is 3.83. The maximum absolute atomic E-state index is 6.27. The highest BCUT2D eigenvalue weighted by Crippen LogP contribution is 2.20. The van der Waals surface area contributed by atoms with Gasteiger partial charge in [0.15, 0.2) is 0 Å². The molecule has 3 aromatic rings. The van der Waals surface area contributed by atoms with Crippen LogP contribution in [0.5, 0.6) is 0 Å². The average Bonchev–Trinajstić information content (AvgIpc) is 3.13. The van der Waals surface area contributed by atoms with Crippen LogP contribution in [0.15, 0.2) is 47.1 Å². The lowest BCUT2D eigenvalue weighted by Gasteiger charge is -2.09. The molecular formula is C17H21N3O. The molecule has 21 heavy (non-hydrogen) atoms. The summed E-state index contributed by atoms with van der Waals surface area (Å²) in [5, 5.41) is 5.92. The summed E-state index contributed by atoms with van der Waals surface area (Å²) < 4.78 is 7.40. The molecule has 3 rings (SSSR count). The summed E-state index contributed by atoms with van der Waals surface area (Å²) in [4.78, 5) is 0. The zero-order valence-corrected chi connectivity index (χ0v) is 12.3. The molecule has 4 heteroatoms. The molecule has 0 bridgehead atoms. The fraction of sp³-hybridized carbons (Fsp3) is 0.353. The number of rotatable bonds is 6. The third-order valence-electron chi connectivity index (χ3n) is 3.83. The van der Waals surface area contributed by atoms with Gasteiger partial charge in [-0.2, -0.15) is 5.10 Å². The number of hydrogen-bond donors (Lipinski definition) is 1. The van der Waals surface area contributed by atoms with Crippen molar-refractivity contribution in [2.24, 2.45) is 5.73 Å². The monoisotopic (exact) mass is 283 g/mol. The molecule has 0 radical (unpaired) electrons. The maximum Gasteiger partial charge on any atom is 0.103 e. The summed E-state index contributed by atoms with van der Waals surface area (Å²) in [6.07, 6.45) is 4.28. The minimum absolute atomic E-state index is 0.0960. The second kappa shape index (κ2) is 6.14. The van der Waals surface area contributed by atoms with Crippen LogP contribution in [0.4, 0.5) is 0 Å². The number of nitrogens with two attached hydrogens (primary N) is 1. The molecule has 0 saturated heterocycles. The second-order valence-corrected chi connectivity index (χ2v) is 5.36. The Morgan fingerprint density at radius 1 is 1.24 bits per heavy atom. The Hall–Kier alpha value is -2.07. The van der Waals surface area contributed by atoms with Gasteiger partial charge >= 0.3 is 0 Å². The first-order valence-electron chi connectivity index (χ1n) is 7.50. The fourth-order valence-corrected chi connectivity index (χ4v) is 2.72. The van der Waals surface area contributed by atoms with Crippen molar-refractivity contribution in [2.45, 2.75) is 38.8 Å². The van der Waals surface area contributed by atoms with Crippen molar-refractivity contribution in [1.82, 2.24) is 9.78 Å². The van der Waals surface area contributed by atoms with Crippen LogP contribution in [0.25, 0.3) is 10.9 Å². The van der Waals surface area contributed by atoms with E-state index in [2.05, 4.69) is 31.2 Å². The minimum Gasteiger partial charge on any atom is -0.469 e. The van der Waals surface area contributed by atoms with Crippen molar-refractivity contribution in [3.8, 4) is 0 Å². The maximum atomic E-state index is 6.27. The van der Waals surface area contributed by atoms with Crippen LogP contribution in [0, 0.1) is 0 Å². The normalized spacial score (nSPS) is 12.9. The van der Waals surface area contributed by atoms with Gasteiger partial charge in [-0.15, -0.1) is 0 Å². The van der Waals surface area contributed by atoms with Crippen LogP contribution in [0.3, 0.4) is 0 Å². The Kier molecular flexibility index (Phi) is 4.06. The zero-order chi connectivity index (χ0) is 14.7. The highest BCUT2D eigenvalue weighted by Gasteiger charge is 2.13. The molecule has 1 unspecified atom stereocenters. The first-order valence-corrected chi connectivity index (χ1v) is 7.50. The highest BCUT2D eigenvalue weighted by atomic mass is 16.3. The van der Waals surface area contributed by atoms with Crippen LogP contribution in [-0.2, 0) is 19.4 Å². The van der Waals surface area contributed by atoms with Gasteiger partial charge in [0.05, 0.1) is 17.5 Å². The molecule has 0 spiro atoms. The molecule has 2 N–H and O–H groups in total. The lowest BCUT2D eigenvalue weighted by atomic mass is 10.0. The molecule has 0 fully saturated rings. The van der Waals surface area contributed by atoms with Crippen molar-refractivity contribution < 1.29 is 4.42 Å². The molecular weight excluding hydrogens is 262 g/mol. The summed E-state index contributed by atoms with van der Waals surface area (Å²) in [5.41, 5.74) is 8.56. The summed E-state index contributed by atoms with van der Waals surface area (Å²) in [5.74, 6) is 0.995. The van der Waals surface area contributed by atoms with E-state index < -0.39 is 0 Å². The van der Waals surface area contributed by atoms with Crippen molar-refractivity contribution in [3.63, 3.8) is 0 Å². The predicted molar refractivity (Wildman–Crippen MR) is 84.1 cm³/mol. The molecule has 4 nitrogen and oxygen atoms in total. The molecule has 2 heterocycles. The van der Waals surface area contributed by atoms with Crippen LogP contribution in [0.1, 0.15) is 24.8 Å². The van der Waals surface area contributed by atoms with Gasteiger partial charge < -0.3 is 10.2 Å². The first kappa shape index (κ1) is 13.9. The number of aromatic nitrogens is 2. The van der Waals surface area contributed by atoms with E-state index in [1.54, 1.807) is 6.26 Å². The summed E-state index contributed by atoms with van der Waals surface area (Å²) >= 11 is 0. The quantitative estimate of drug-likeness (QED) is 0.756. The molecule has 2 aromatic heterocycles. The number of hydrogen-bond acceptors (Lipinski definition) is 3. The van der Waals surface area contributed by atoms with Gasteiger partial charge in [-0.3, -0.25) is 4.68 Å². The Balaban J connectivity index is 1.72. The Labute approximate surface area is 124 Å². The highest BCUT2D eigenvalue weighted by molar-refractivity contribution is 5.82. The number of furan rings is 1. The van der Waals surface area contributed by atoms with E-state index in [1.807, 2.05) is 16.8 Å². The van der Waals surface area contributed by atoms with E-state index in [-0.39, 0.29) is 6.04 Å². The lowest BCUT2D eigenvalue weighted by Crippen LogP contribution is -2.23. The molecule has 0 aliphatic carbocycles. The van der Waals surface area contributed by atoms with Crippen LogP contribution in [0.2, 0.25) is 0 Å².